The first kappa shape index (κ1) is 26.3. The highest BCUT2D eigenvalue weighted by Gasteiger charge is 2.31. The molecule has 38 heavy (non-hydrogen) atoms. The molecule has 1 aliphatic heterocycles. The van der Waals surface area contributed by atoms with E-state index in [0.29, 0.717) is 37.0 Å². The van der Waals surface area contributed by atoms with Gasteiger partial charge in [0.05, 0.1) is 16.5 Å². The van der Waals surface area contributed by atoms with Crippen molar-refractivity contribution in [3.63, 3.8) is 0 Å². The van der Waals surface area contributed by atoms with Crippen LogP contribution in [-0.2, 0) is 10.0 Å². The standard InChI is InChI=1S/C30H35N5O2S/c1-21(2)24-12-14-26(15-13-24)38(36,37)35-18-16-34(17-19-35)23(4)29-32-28-11-6-5-10-27(28)30(33-29)31-25-9-7-8-22(3)20-25/h5-15,20-21,23H,16-19H2,1-4H3,(H,31,32,33). The lowest BCUT2D eigenvalue weighted by Crippen LogP contribution is -2.49. The number of hydrogen-bond acceptors (Lipinski definition) is 6. The average Bonchev–Trinajstić information content (AvgIpc) is 2.92. The summed E-state index contributed by atoms with van der Waals surface area (Å²) in [5, 5.41) is 4.45. The Morgan fingerprint density at radius 3 is 2.24 bits per heavy atom. The molecule has 0 saturated carbocycles. The van der Waals surface area contributed by atoms with Gasteiger partial charge >= 0.3 is 0 Å². The molecule has 0 bridgehead atoms. The van der Waals surface area contributed by atoms with Crippen LogP contribution in [0.5, 0.6) is 0 Å². The third-order valence-electron chi connectivity index (χ3n) is 7.28. The molecule has 8 heteroatoms. The summed E-state index contributed by atoms with van der Waals surface area (Å²) in [7, 11) is -3.53. The van der Waals surface area contributed by atoms with Crippen LogP contribution in [0.15, 0.2) is 77.7 Å². The van der Waals surface area contributed by atoms with Crippen molar-refractivity contribution in [3.8, 4) is 0 Å². The Morgan fingerprint density at radius 2 is 1.55 bits per heavy atom. The molecule has 7 nitrogen and oxygen atoms in total. The summed E-state index contributed by atoms with van der Waals surface area (Å²) in [4.78, 5) is 12.4. The molecule has 2 heterocycles. The predicted molar refractivity (Wildman–Crippen MR) is 153 cm³/mol. The Balaban J connectivity index is 1.33. The predicted octanol–water partition coefficient (Wildman–Crippen LogP) is 5.87. The summed E-state index contributed by atoms with van der Waals surface area (Å²) >= 11 is 0. The van der Waals surface area contributed by atoms with Crippen LogP contribution in [0, 0.1) is 6.92 Å². The summed E-state index contributed by atoms with van der Waals surface area (Å²) < 4.78 is 28.1. The minimum absolute atomic E-state index is 0.0622. The number of benzene rings is 3. The maximum Gasteiger partial charge on any atom is 0.243 e. The van der Waals surface area contributed by atoms with Gasteiger partial charge in [0.1, 0.15) is 11.6 Å². The number of fused-ring (bicyclic) bond motifs is 1. The molecular formula is C30H35N5O2S. The molecule has 1 unspecified atom stereocenters. The van der Waals surface area contributed by atoms with E-state index in [1.54, 1.807) is 16.4 Å². The van der Waals surface area contributed by atoms with Crippen LogP contribution in [-0.4, -0.2) is 53.8 Å². The maximum absolute atomic E-state index is 13.3. The second-order valence-corrected chi connectivity index (χ2v) is 12.2. The minimum Gasteiger partial charge on any atom is -0.340 e. The van der Waals surface area contributed by atoms with Crippen molar-refractivity contribution in [1.82, 2.24) is 19.2 Å². The van der Waals surface area contributed by atoms with Gasteiger partial charge in [-0.3, -0.25) is 4.90 Å². The molecule has 0 amide bonds. The lowest BCUT2D eigenvalue weighted by Gasteiger charge is -2.37. The van der Waals surface area contributed by atoms with E-state index in [1.165, 1.54) is 5.56 Å². The SMILES string of the molecule is Cc1cccc(Nc2nc(C(C)N3CCN(S(=O)(=O)c4ccc(C(C)C)cc4)CC3)nc3ccccc23)c1. The van der Waals surface area contributed by atoms with Gasteiger partial charge in [-0.05, 0) is 67.3 Å². The normalized spacial score (nSPS) is 16.1. The number of nitrogens with zero attached hydrogens (tertiary/aromatic N) is 4. The maximum atomic E-state index is 13.3. The Hall–Kier alpha value is -3.33. The Labute approximate surface area is 225 Å². The fourth-order valence-corrected chi connectivity index (χ4v) is 6.33. The van der Waals surface area contributed by atoms with Crippen molar-refractivity contribution in [2.75, 3.05) is 31.5 Å². The molecule has 0 aliphatic carbocycles. The highest BCUT2D eigenvalue weighted by atomic mass is 32.2. The first-order chi connectivity index (χ1) is 18.2. The number of nitrogens with one attached hydrogen (secondary N) is 1. The second kappa shape index (κ2) is 10.8. The quantitative estimate of drug-likeness (QED) is 0.322. The van der Waals surface area contributed by atoms with Crippen molar-refractivity contribution >= 4 is 32.4 Å². The molecular weight excluding hydrogens is 494 g/mol. The highest BCUT2D eigenvalue weighted by Crippen LogP contribution is 2.29. The van der Waals surface area contributed by atoms with Crippen LogP contribution >= 0.6 is 0 Å². The lowest BCUT2D eigenvalue weighted by atomic mass is 10.0. The van der Waals surface area contributed by atoms with Crippen LogP contribution in [0.4, 0.5) is 11.5 Å². The Kier molecular flexibility index (Phi) is 7.47. The van der Waals surface area contributed by atoms with Gasteiger partial charge in [0.25, 0.3) is 0 Å². The average molecular weight is 530 g/mol. The van der Waals surface area contributed by atoms with Crippen LogP contribution < -0.4 is 5.32 Å². The molecule has 198 valence electrons. The van der Waals surface area contributed by atoms with Crippen molar-refractivity contribution in [2.45, 2.75) is 44.6 Å². The van der Waals surface area contributed by atoms with E-state index in [2.05, 4.69) is 50.0 Å². The van der Waals surface area contributed by atoms with E-state index in [1.807, 2.05) is 48.5 Å². The van der Waals surface area contributed by atoms with Crippen molar-refractivity contribution in [2.24, 2.45) is 0 Å². The van der Waals surface area contributed by atoms with E-state index in [-0.39, 0.29) is 6.04 Å². The van der Waals surface area contributed by atoms with Gasteiger partial charge < -0.3 is 5.32 Å². The van der Waals surface area contributed by atoms with Gasteiger partial charge in [-0.1, -0.05) is 50.2 Å². The molecule has 1 aromatic heterocycles. The fraction of sp³-hybridized carbons (Fsp3) is 0.333. The molecule has 0 spiro atoms. The molecule has 1 saturated heterocycles. The van der Waals surface area contributed by atoms with E-state index in [0.717, 1.165) is 33.8 Å². The largest absolute Gasteiger partial charge is 0.340 e. The number of para-hydroxylation sites is 1. The summed E-state index contributed by atoms with van der Waals surface area (Å²) in [5.74, 6) is 1.86. The van der Waals surface area contributed by atoms with Gasteiger partial charge in [-0.25, -0.2) is 18.4 Å². The summed E-state index contributed by atoms with van der Waals surface area (Å²) in [6, 6.07) is 23.4. The number of anilines is 2. The Morgan fingerprint density at radius 1 is 0.842 bits per heavy atom. The van der Waals surface area contributed by atoms with E-state index in [9.17, 15) is 8.42 Å². The molecule has 1 atom stereocenters. The van der Waals surface area contributed by atoms with E-state index in [4.69, 9.17) is 9.97 Å². The van der Waals surface area contributed by atoms with Crippen molar-refractivity contribution in [1.29, 1.82) is 0 Å². The zero-order chi connectivity index (χ0) is 26.9. The zero-order valence-electron chi connectivity index (χ0n) is 22.4. The number of sulfonamides is 1. The number of piperazine rings is 1. The third-order valence-corrected chi connectivity index (χ3v) is 9.19. The third kappa shape index (κ3) is 5.43. The number of aryl methyl sites for hydroxylation is 1. The van der Waals surface area contributed by atoms with E-state index >= 15 is 0 Å². The van der Waals surface area contributed by atoms with Crippen LogP contribution in [0.25, 0.3) is 10.9 Å². The number of hydrogen-bond donors (Lipinski definition) is 1. The molecule has 1 aliphatic rings. The summed E-state index contributed by atoms with van der Waals surface area (Å²) in [6.45, 7) is 10.5. The smallest absolute Gasteiger partial charge is 0.243 e. The van der Waals surface area contributed by atoms with Crippen molar-refractivity contribution < 1.29 is 8.42 Å². The van der Waals surface area contributed by atoms with Gasteiger partial charge in [0.2, 0.25) is 10.0 Å². The van der Waals surface area contributed by atoms with E-state index < -0.39 is 10.0 Å². The first-order valence-electron chi connectivity index (χ1n) is 13.2. The number of rotatable bonds is 7. The van der Waals surface area contributed by atoms with Gasteiger partial charge in [-0.15, -0.1) is 0 Å². The Bertz CT molecular complexity index is 1530. The lowest BCUT2D eigenvalue weighted by molar-refractivity contribution is 0.141. The highest BCUT2D eigenvalue weighted by molar-refractivity contribution is 7.89. The topological polar surface area (TPSA) is 78.4 Å². The zero-order valence-corrected chi connectivity index (χ0v) is 23.2. The molecule has 0 radical (unpaired) electrons. The molecule has 3 aromatic carbocycles. The molecule has 4 aromatic rings. The molecule has 5 rings (SSSR count). The summed E-state index contributed by atoms with van der Waals surface area (Å²) in [6.07, 6.45) is 0. The van der Waals surface area contributed by atoms with Crippen LogP contribution in [0.1, 0.15) is 49.7 Å². The van der Waals surface area contributed by atoms with Gasteiger partial charge in [0.15, 0.2) is 0 Å². The van der Waals surface area contributed by atoms with Crippen molar-refractivity contribution in [3.05, 3.63) is 89.7 Å². The number of aromatic nitrogens is 2. The second-order valence-electron chi connectivity index (χ2n) is 10.3. The minimum atomic E-state index is -3.53. The van der Waals surface area contributed by atoms with Crippen LogP contribution in [0.2, 0.25) is 0 Å². The van der Waals surface area contributed by atoms with Gasteiger partial charge in [0, 0.05) is 37.3 Å². The monoisotopic (exact) mass is 529 g/mol. The molecule has 1 fully saturated rings. The molecule has 1 N–H and O–H groups in total. The first-order valence-corrected chi connectivity index (χ1v) is 14.6. The fourth-order valence-electron chi connectivity index (χ4n) is 4.90. The summed E-state index contributed by atoms with van der Waals surface area (Å²) in [5.41, 5.74) is 4.16. The van der Waals surface area contributed by atoms with Gasteiger partial charge in [-0.2, -0.15) is 4.31 Å². The van der Waals surface area contributed by atoms with Crippen LogP contribution in [0.3, 0.4) is 0 Å².